The van der Waals surface area contributed by atoms with Crippen molar-refractivity contribution in [3.63, 3.8) is 0 Å². The van der Waals surface area contributed by atoms with Crippen molar-refractivity contribution in [3.8, 4) is 11.5 Å². The van der Waals surface area contributed by atoms with Crippen molar-refractivity contribution in [2.45, 2.75) is 25.4 Å². The Bertz CT molecular complexity index is 1420. The highest BCUT2D eigenvalue weighted by molar-refractivity contribution is 5.97. The Morgan fingerprint density at radius 1 is 0.743 bits per heavy atom. The lowest BCUT2D eigenvalue weighted by Crippen LogP contribution is -2.33. The van der Waals surface area contributed by atoms with E-state index >= 15 is 0 Å². The van der Waals surface area contributed by atoms with Gasteiger partial charge in [0.15, 0.2) is 5.60 Å². The summed E-state index contributed by atoms with van der Waals surface area (Å²) >= 11 is 0. The fraction of sp³-hybridized carbons (Fsp3) is 0.167. The van der Waals surface area contributed by atoms with E-state index in [1.54, 1.807) is 0 Å². The van der Waals surface area contributed by atoms with Gasteiger partial charge in [-0.05, 0) is 55.0 Å². The minimum Gasteiger partial charge on any atom is -0.456 e. The van der Waals surface area contributed by atoms with Crippen LogP contribution in [0.25, 0.3) is 0 Å². The van der Waals surface area contributed by atoms with E-state index in [2.05, 4.69) is 17.6 Å². The number of carbonyl (C=O) groups is 1. The summed E-state index contributed by atoms with van der Waals surface area (Å²) < 4.78 is 12.7. The zero-order valence-electron chi connectivity index (χ0n) is 19.5. The Hall–Kier alpha value is -4.25. The number of para-hydroxylation sites is 1. The quantitative estimate of drug-likeness (QED) is 0.234. The van der Waals surface area contributed by atoms with Gasteiger partial charge in [-0.15, -0.1) is 0 Å². The van der Waals surface area contributed by atoms with Gasteiger partial charge in [0.05, 0.1) is 5.56 Å². The fourth-order valence-electron chi connectivity index (χ4n) is 4.96. The number of benzene rings is 4. The number of fused-ring (bicyclic) bond motifs is 6. The van der Waals surface area contributed by atoms with Crippen LogP contribution in [-0.2, 0) is 10.3 Å². The minimum absolute atomic E-state index is 0.328. The summed E-state index contributed by atoms with van der Waals surface area (Å²) in [5, 5.41) is 6.92. The monoisotopic (exact) mass is 462 g/mol. The van der Waals surface area contributed by atoms with Crippen molar-refractivity contribution in [2.24, 2.45) is 0 Å². The standard InChI is InChI=1S/C30H26N2O3/c1-2-3-17-31-21-13-15-25-28(19-21)34-27-16-14-22(32-20-9-5-4-6-10-20)18-26(27)30(25)24-12-8-7-11-23(24)29(33)35-30/h4-16,18-19,31-32H,2-3,17H2,1H3. The summed E-state index contributed by atoms with van der Waals surface area (Å²) in [6, 6.07) is 29.6. The molecule has 1 unspecified atom stereocenters. The molecule has 5 heteroatoms. The fourth-order valence-corrected chi connectivity index (χ4v) is 4.96. The second-order valence-electron chi connectivity index (χ2n) is 8.91. The van der Waals surface area contributed by atoms with Crippen LogP contribution in [0.15, 0.2) is 91.0 Å². The Labute approximate surface area is 204 Å². The Morgan fingerprint density at radius 2 is 1.54 bits per heavy atom. The predicted molar refractivity (Wildman–Crippen MR) is 138 cm³/mol. The van der Waals surface area contributed by atoms with Gasteiger partial charge >= 0.3 is 5.97 Å². The van der Waals surface area contributed by atoms with Crippen molar-refractivity contribution in [2.75, 3.05) is 17.2 Å². The zero-order valence-corrected chi connectivity index (χ0v) is 19.5. The average Bonchev–Trinajstić information content (AvgIpc) is 3.18. The van der Waals surface area contributed by atoms with E-state index in [1.165, 1.54) is 0 Å². The molecule has 4 aromatic rings. The van der Waals surface area contributed by atoms with Crippen molar-refractivity contribution < 1.29 is 14.3 Å². The lowest BCUT2D eigenvalue weighted by molar-refractivity contribution is 0.0224. The van der Waals surface area contributed by atoms with Crippen LogP contribution in [-0.4, -0.2) is 12.5 Å². The molecule has 2 N–H and O–H groups in total. The predicted octanol–water partition coefficient (Wildman–Crippen LogP) is 7.21. The van der Waals surface area contributed by atoms with E-state index < -0.39 is 5.60 Å². The maximum Gasteiger partial charge on any atom is 0.340 e. The van der Waals surface area contributed by atoms with E-state index in [1.807, 2.05) is 91.0 Å². The molecule has 0 saturated heterocycles. The summed E-state index contributed by atoms with van der Waals surface area (Å²) in [7, 11) is 0. The van der Waals surface area contributed by atoms with Crippen LogP contribution in [0.2, 0.25) is 0 Å². The third-order valence-corrected chi connectivity index (χ3v) is 6.63. The number of carbonyl (C=O) groups excluding carboxylic acids is 1. The number of esters is 1. The number of ether oxygens (including phenoxy) is 2. The van der Waals surface area contributed by atoms with E-state index in [-0.39, 0.29) is 5.97 Å². The molecule has 1 spiro atoms. The molecule has 0 fully saturated rings. The first kappa shape index (κ1) is 21.3. The van der Waals surface area contributed by atoms with E-state index in [9.17, 15) is 4.79 Å². The molecule has 35 heavy (non-hydrogen) atoms. The molecule has 2 aliphatic heterocycles. The molecule has 6 rings (SSSR count). The highest BCUT2D eigenvalue weighted by atomic mass is 16.6. The topological polar surface area (TPSA) is 59.6 Å². The molecule has 5 nitrogen and oxygen atoms in total. The number of hydrogen-bond donors (Lipinski definition) is 2. The van der Waals surface area contributed by atoms with Crippen LogP contribution in [0.4, 0.5) is 17.1 Å². The second kappa shape index (κ2) is 8.51. The molecule has 2 heterocycles. The highest BCUT2D eigenvalue weighted by Crippen LogP contribution is 2.56. The van der Waals surface area contributed by atoms with Gasteiger partial charge in [-0.1, -0.05) is 49.7 Å². The van der Waals surface area contributed by atoms with Gasteiger partial charge in [-0.25, -0.2) is 4.79 Å². The Balaban J connectivity index is 1.50. The first-order valence-electron chi connectivity index (χ1n) is 12.0. The van der Waals surface area contributed by atoms with Crippen molar-refractivity contribution in [1.82, 2.24) is 0 Å². The number of anilines is 3. The molecule has 2 aliphatic rings. The van der Waals surface area contributed by atoms with Crippen molar-refractivity contribution in [3.05, 3.63) is 113 Å². The molecular formula is C30H26N2O3. The largest absolute Gasteiger partial charge is 0.456 e. The Kier molecular flexibility index (Phi) is 5.18. The highest BCUT2D eigenvalue weighted by Gasteiger charge is 2.53. The summed E-state index contributed by atoms with van der Waals surface area (Å²) in [6.45, 7) is 3.06. The first-order valence-corrected chi connectivity index (χ1v) is 12.0. The molecule has 0 saturated carbocycles. The molecule has 1 atom stereocenters. The maximum absolute atomic E-state index is 13.1. The summed E-state index contributed by atoms with van der Waals surface area (Å²) in [5.41, 5.74) is 4.81. The molecule has 174 valence electrons. The van der Waals surface area contributed by atoms with Crippen molar-refractivity contribution in [1.29, 1.82) is 0 Å². The van der Waals surface area contributed by atoms with Crippen molar-refractivity contribution >= 4 is 23.0 Å². The van der Waals surface area contributed by atoms with E-state index in [0.29, 0.717) is 17.1 Å². The first-order chi connectivity index (χ1) is 17.2. The maximum atomic E-state index is 13.1. The van der Waals surface area contributed by atoms with Gasteiger partial charge in [-0.3, -0.25) is 0 Å². The van der Waals surface area contributed by atoms with Crippen LogP contribution in [0.5, 0.6) is 11.5 Å². The van der Waals surface area contributed by atoms with Gasteiger partial charge in [0.1, 0.15) is 11.5 Å². The van der Waals surface area contributed by atoms with Crippen LogP contribution >= 0.6 is 0 Å². The number of hydrogen-bond acceptors (Lipinski definition) is 5. The third kappa shape index (κ3) is 3.51. The normalized spacial score (nSPS) is 17.1. The number of rotatable bonds is 6. The van der Waals surface area contributed by atoms with Gasteiger partial charge in [0.2, 0.25) is 0 Å². The summed E-state index contributed by atoms with van der Waals surface area (Å²) in [6.07, 6.45) is 2.21. The van der Waals surface area contributed by atoms with E-state index in [4.69, 9.17) is 9.47 Å². The van der Waals surface area contributed by atoms with Crippen LogP contribution < -0.4 is 15.4 Å². The number of unbranched alkanes of at least 4 members (excludes halogenated alkanes) is 1. The lowest BCUT2D eigenvalue weighted by atomic mass is 9.77. The van der Waals surface area contributed by atoms with Gasteiger partial charge in [0, 0.05) is 46.4 Å². The molecular weight excluding hydrogens is 436 g/mol. The third-order valence-electron chi connectivity index (χ3n) is 6.63. The molecule has 0 amide bonds. The second-order valence-corrected chi connectivity index (χ2v) is 8.91. The minimum atomic E-state index is -1.08. The van der Waals surface area contributed by atoms with Gasteiger partial charge in [0.25, 0.3) is 0 Å². The van der Waals surface area contributed by atoms with Crippen LogP contribution in [0.1, 0.15) is 46.8 Å². The Morgan fingerprint density at radius 3 is 2.40 bits per heavy atom. The molecule has 0 aliphatic carbocycles. The van der Waals surface area contributed by atoms with Crippen LogP contribution in [0, 0.1) is 0 Å². The molecule has 4 aromatic carbocycles. The zero-order chi connectivity index (χ0) is 23.8. The summed E-state index contributed by atoms with van der Waals surface area (Å²) in [5.74, 6) is 1.03. The van der Waals surface area contributed by atoms with Gasteiger partial charge in [-0.2, -0.15) is 0 Å². The van der Waals surface area contributed by atoms with Gasteiger partial charge < -0.3 is 20.1 Å². The SMILES string of the molecule is CCCCNc1ccc2c(c1)Oc1ccc(Nc3ccccc3)cc1C21OC(=O)c2ccccc21. The smallest absolute Gasteiger partial charge is 0.340 e. The molecule has 0 bridgehead atoms. The molecule has 0 aromatic heterocycles. The molecule has 0 radical (unpaired) electrons. The van der Waals surface area contributed by atoms with E-state index in [0.717, 1.165) is 53.1 Å². The average molecular weight is 463 g/mol. The number of nitrogens with one attached hydrogen (secondary N) is 2. The lowest BCUT2D eigenvalue weighted by Gasteiger charge is -2.37. The van der Waals surface area contributed by atoms with Crippen LogP contribution in [0.3, 0.4) is 0 Å². The summed E-state index contributed by atoms with van der Waals surface area (Å²) in [4.78, 5) is 13.1.